The van der Waals surface area contributed by atoms with Gasteiger partial charge in [-0.2, -0.15) is 0 Å². The van der Waals surface area contributed by atoms with E-state index in [-0.39, 0.29) is 11.3 Å². The molecule has 1 saturated heterocycles. The molecule has 4 aromatic rings. The molecule has 1 aromatic heterocycles. The zero-order valence-corrected chi connectivity index (χ0v) is 20.0. The normalized spacial score (nSPS) is 17.6. The summed E-state index contributed by atoms with van der Waals surface area (Å²) >= 11 is 1.38. The van der Waals surface area contributed by atoms with Crippen molar-refractivity contribution in [2.45, 2.75) is 33.2 Å². The third kappa shape index (κ3) is 3.70. The Morgan fingerprint density at radius 1 is 0.971 bits per heavy atom. The molecule has 2 heterocycles. The summed E-state index contributed by atoms with van der Waals surface area (Å²) in [5.74, 6) is -1.58. The number of carbonyl (C=O) groups excluding carboxylic acids is 2. The third-order valence-corrected chi connectivity index (χ3v) is 7.24. The van der Waals surface area contributed by atoms with Gasteiger partial charge in [0, 0.05) is 5.56 Å². The van der Waals surface area contributed by atoms with Crippen LogP contribution in [0.15, 0.2) is 72.3 Å². The first kappa shape index (κ1) is 22.0. The Morgan fingerprint density at radius 2 is 1.62 bits per heavy atom. The number of hydrogen-bond donors (Lipinski definition) is 1. The molecule has 0 unspecified atom stereocenters. The molecule has 1 amide bonds. The minimum atomic E-state index is -0.770. The maximum absolute atomic E-state index is 13.4. The highest BCUT2D eigenvalue weighted by atomic mass is 32.1. The van der Waals surface area contributed by atoms with Crippen LogP contribution in [0.25, 0.3) is 16.0 Å². The van der Waals surface area contributed by atoms with Gasteiger partial charge in [-0.05, 0) is 43.5 Å². The van der Waals surface area contributed by atoms with Crippen LogP contribution in [0.4, 0.5) is 5.13 Å². The molecule has 0 aliphatic carbocycles. The van der Waals surface area contributed by atoms with Gasteiger partial charge in [-0.3, -0.25) is 14.5 Å². The highest BCUT2D eigenvalue weighted by Crippen LogP contribution is 2.44. The average Bonchev–Trinajstić information content (AvgIpc) is 3.37. The van der Waals surface area contributed by atoms with Crippen LogP contribution in [0.5, 0.6) is 0 Å². The van der Waals surface area contributed by atoms with Gasteiger partial charge >= 0.3 is 5.91 Å². The van der Waals surface area contributed by atoms with Crippen molar-refractivity contribution in [3.8, 4) is 0 Å². The van der Waals surface area contributed by atoms with Crippen LogP contribution in [0.2, 0.25) is 0 Å². The number of aliphatic hydroxyl groups is 1. The van der Waals surface area contributed by atoms with E-state index in [1.54, 1.807) is 12.1 Å². The second-order valence-corrected chi connectivity index (χ2v) is 9.61. The van der Waals surface area contributed by atoms with Gasteiger partial charge in [-0.15, -0.1) is 0 Å². The van der Waals surface area contributed by atoms with Crippen LogP contribution in [0, 0.1) is 13.8 Å². The fourth-order valence-corrected chi connectivity index (χ4v) is 5.30. The lowest BCUT2D eigenvalue weighted by Gasteiger charge is -2.23. The maximum Gasteiger partial charge on any atom is 0.301 e. The molecular formula is C28H24N2O3S. The van der Waals surface area contributed by atoms with Gasteiger partial charge in [0.05, 0.1) is 21.8 Å². The van der Waals surface area contributed by atoms with E-state index in [0.717, 1.165) is 33.3 Å². The predicted molar refractivity (Wildman–Crippen MR) is 136 cm³/mol. The number of thiazole rings is 1. The minimum Gasteiger partial charge on any atom is -0.507 e. The number of rotatable bonds is 4. The number of aryl methyl sites for hydroxylation is 3. The van der Waals surface area contributed by atoms with Crippen molar-refractivity contribution in [3.63, 3.8) is 0 Å². The Balaban J connectivity index is 1.71. The van der Waals surface area contributed by atoms with Crippen LogP contribution in [-0.2, 0) is 16.0 Å². The summed E-state index contributed by atoms with van der Waals surface area (Å²) in [7, 11) is 0. The molecule has 0 bridgehead atoms. The lowest BCUT2D eigenvalue weighted by atomic mass is 9.94. The highest BCUT2D eigenvalue weighted by Gasteiger charge is 2.48. The molecular weight excluding hydrogens is 444 g/mol. The molecule has 5 nitrogen and oxygen atoms in total. The summed E-state index contributed by atoms with van der Waals surface area (Å²) in [6, 6.07) is 20.2. The Hall–Kier alpha value is -3.77. The van der Waals surface area contributed by atoms with Crippen molar-refractivity contribution in [2.75, 3.05) is 4.90 Å². The van der Waals surface area contributed by atoms with Gasteiger partial charge in [-0.25, -0.2) is 4.98 Å². The van der Waals surface area contributed by atoms with Crippen molar-refractivity contribution >= 4 is 44.1 Å². The number of hydrogen-bond acceptors (Lipinski definition) is 5. The van der Waals surface area contributed by atoms with E-state index in [2.05, 4.69) is 13.0 Å². The molecule has 170 valence electrons. The summed E-state index contributed by atoms with van der Waals surface area (Å²) in [6.07, 6.45) is 0.896. The van der Waals surface area contributed by atoms with Crippen LogP contribution in [-0.4, -0.2) is 21.8 Å². The van der Waals surface area contributed by atoms with E-state index >= 15 is 0 Å². The van der Waals surface area contributed by atoms with E-state index in [0.29, 0.717) is 10.7 Å². The fourth-order valence-electron chi connectivity index (χ4n) is 4.24. The van der Waals surface area contributed by atoms with Gasteiger partial charge in [0.2, 0.25) is 0 Å². The molecule has 0 radical (unpaired) electrons. The topological polar surface area (TPSA) is 70.5 Å². The van der Waals surface area contributed by atoms with E-state index in [1.807, 2.05) is 62.4 Å². The Labute approximate surface area is 202 Å². The smallest absolute Gasteiger partial charge is 0.301 e. The van der Waals surface area contributed by atoms with Crippen molar-refractivity contribution in [1.82, 2.24) is 4.98 Å². The second kappa shape index (κ2) is 8.54. The number of fused-ring (bicyclic) bond motifs is 1. The Morgan fingerprint density at radius 3 is 2.26 bits per heavy atom. The standard InChI is InChI=1S/C28H24N2O3S/c1-4-18-9-14-21-22(15-18)34-28(29-21)30-24(19-10-5-16(2)6-11-19)23(26(32)27(30)33)25(31)20-12-7-17(3)8-13-20/h5-15,24,31H,4H2,1-3H3/t24-/m0/s1. The van der Waals surface area contributed by atoms with Crippen molar-refractivity contribution in [2.24, 2.45) is 0 Å². The summed E-state index contributed by atoms with van der Waals surface area (Å²) in [6.45, 7) is 6.02. The zero-order chi connectivity index (χ0) is 24.0. The number of Topliss-reactive ketones (excluding diaryl/α,β-unsaturated/α-hetero) is 1. The van der Waals surface area contributed by atoms with Crippen LogP contribution in [0.3, 0.4) is 0 Å². The lowest BCUT2D eigenvalue weighted by Crippen LogP contribution is -2.29. The molecule has 1 fully saturated rings. The summed E-state index contributed by atoms with van der Waals surface area (Å²) < 4.78 is 0.956. The summed E-state index contributed by atoms with van der Waals surface area (Å²) in [5, 5.41) is 11.7. The molecule has 1 atom stereocenters. The number of carbonyl (C=O) groups is 2. The van der Waals surface area contributed by atoms with Crippen LogP contribution < -0.4 is 4.90 Å². The number of nitrogens with zero attached hydrogens (tertiary/aromatic N) is 2. The maximum atomic E-state index is 13.4. The fraction of sp³-hybridized carbons (Fsp3) is 0.179. The van der Waals surface area contributed by atoms with Crippen molar-refractivity contribution < 1.29 is 14.7 Å². The van der Waals surface area contributed by atoms with Crippen molar-refractivity contribution in [1.29, 1.82) is 0 Å². The third-order valence-electron chi connectivity index (χ3n) is 6.22. The largest absolute Gasteiger partial charge is 0.507 e. The Bertz CT molecular complexity index is 1450. The van der Waals surface area contributed by atoms with Gasteiger partial charge in [-0.1, -0.05) is 84.0 Å². The number of ketones is 1. The lowest BCUT2D eigenvalue weighted by molar-refractivity contribution is -0.132. The molecule has 1 N–H and O–H groups in total. The monoisotopic (exact) mass is 468 g/mol. The molecule has 5 rings (SSSR count). The molecule has 0 spiro atoms. The first-order valence-corrected chi connectivity index (χ1v) is 12.0. The molecule has 1 aliphatic rings. The van der Waals surface area contributed by atoms with E-state index in [1.165, 1.54) is 21.8 Å². The zero-order valence-electron chi connectivity index (χ0n) is 19.2. The second-order valence-electron chi connectivity index (χ2n) is 8.60. The van der Waals surface area contributed by atoms with Crippen LogP contribution >= 0.6 is 11.3 Å². The van der Waals surface area contributed by atoms with E-state index in [4.69, 9.17) is 4.98 Å². The summed E-state index contributed by atoms with van der Waals surface area (Å²) in [5.41, 5.74) is 5.37. The van der Waals surface area contributed by atoms with Gasteiger partial charge in [0.1, 0.15) is 5.76 Å². The van der Waals surface area contributed by atoms with Gasteiger partial charge < -0.3 is 5.11 Å². The van der Waals surface area contributed by atoms with Gasteiger partial charge in [0.25, 0.3) is 5.78 Å². The summed E-state index contributed by atoms with van der Waals surface area (Å²) in [4.78, 5) is 32.8. The molecule has 0 saturated carbocycles. The minimum absolute atomic E-state index is 0.0752. The first-order valence-electron chi connectivity index (χ1n) is 11.2. The van der Waals surface area contributed by atoms with Crippen molar-refractivity contribution in [3.05, 3.63) is 100 Å². The number of anilines is 1. The van der Waals surface area contributed by atoms with E-state index in [9.17, 15) is 14.7 Å². The number of aliphatic hydroxyl groups excluding tert-OH is 1. The average molecular weight is 469 g/mol. The number of amides is 1. The highest BCUT2D eigenvalue weighted by molar-refractivity contribution is 7.22. The molecule has 3 aromatic carbocycles. The predicted octanol–water partition coefficient (Wildman–Crippen LogP) is 6.10. The molecule has 1 aliphatic heterocycles. The van der Waals surface area contributed by atoms with Gasteiger partial charge in [0.15, 0.2) is 5.13 Å². The van der Waals surface area contributed by atoms with E-state index < -0.39 is 17.7 Å². The quantitative estimate of drug-likeness (QED) is 0.223. The first-order chi connectivity index (χ1) is 16.4. The molecule has 34 heavy (non-hydrogen) atoms. The number of aromatic nitrogens is 1. The number of benzene rings is 3. The van der Waals surface area contributed by atoms with Crippen LogP contribution in [0.1, 0.15) is 40.8 Å². The SMILES string of the molecule is CCc1ccc2nc(N3C(=O)C(=O)C(=C(O)c4ccc(C)cc4)[C@@H]3c3ccc(C)cc3)sc2c1. The molecule has 6 heteroatoms. The Kier molecular flexibility index (Phi) is 5.54.